The van der Waals surface area contributed by atoms with E-state index < -0.39 is 17.3 Å². The quantitative estimate of drug-likeness (QED) is 0.313. The molecule has 2 aromatic heterocycles. The van der Waals surface area contributed by atoms with Crippen molar-refractivity contribution in [1.82, 2.24) is 14.5 Å². The Morgan fingerprint density at radius 1 is 1.37 bits per heavy atom. The largest absolute Gasteiger partial charge is 0.465 e. The fourth-order valence-electron chi connectivity index (χ4n) is 3.31. The average molecular weight is 448 g/mol. The first kappa shape index (κ1) is 20.8. The van der Waals surface area contributed by atoms with Crippen LogP contribution in [0.5, 0.6) is 0 Å². The Morgan fingerprint density at radius 3 is 2.77 bits per heavy atom. The smallest absolute Gasteiger partial charge is 0.338 e. The molecular weight excluding hydrogens is 429 g/mol. The normalized spacial score (nSPS) is 13.6. The number of hydrogen-bond donors (Lipinski definition) is 0. The van der Waals surface area contributed by atoms with Gasteiger partial charge in [-0.05, 0) is 38.0 Å². The van der Waals surface area contributed by atoms with Crippen LogP contribution in [-0.4, -0.2) is 27.6 Å². The summed E-state index contributed by atoms with van der Waals surface area (Å²) < 4.78 is 20.8. The number of aromatic nitrogens is 3. The summed E-state index contributed by atoms with van der Waals surface area (Å²) in [6.45, 7) is 2.37. The number of ether oxygens (including phenoxy) is 1. The van der Waals surface area contributed by atoms with Gasteiger partial charge in [-0.3, -0.25) is 4.79 Å². The van der Waals surface area contributed by atoms with E-state index in [4.69, 9.17) is 21.3 Å². The number of halogens is 2. The fourth-order valence-corrected chi connectivity index (χ4v) is 4.71. The number of nitrogens with zero attached hydrogens (tertiary/aromatic N) is 3. The molecule has 156 valence electrons. The molecule has 1 aliphatic carbocycles. The molecule has 0 spiro atoms. The Morgan fingerprint density at radius 2 is 2.13 bits per heavy atom. The van der Waals surface area contributed by atoms with Gasteiger partial charge in [-0.15, -0.1) is 0 Å². The van der Waals surface area contributed by atoms with Crippen LogP contribution >= 0.6 is 23.4 Å². The van der Waals surface area contributed by atoms with Gasteiger partial charge in [0, 0.05) is 34.5 Å². The second kappa shape index (κ2) is 8.35. The molecule has 1 aliphatic rings. The van der Waals surface area contributed by atoms with E-state index in [1.165, 1.54) is 24.9 Å². The van der Waals surface area contributed by atoms with Crippen molar-refractivity contribution in [2.45, 2.75) is 43.1 Å². The second-order valence-corrected chi connectivity index (χ2v) is 8.34. The van der Waals surface area contributed by atoms with Gasteiger partial charge in [0.1, 0.15) is 11.5 Å². The van der Waals surface area contributed by atoms with Gasteiger partial charge < -0.3 is 9.30 Å². The first-order valence-electron chi connectivity index (χ1n) is 9.54. The number of thioether (sulfide) groups is 1. The van der Waals surface area contributed by atoms with Crippen molar-refractivity contribution >= 4 is 40.4 Å². The minimum atomic E-state index is -0.593. The zero-order valence-corrected chi connectivity index (χ0v) is 18.0. The third kappa shape index (κ3) is 3.81. The van der Waals surface area contributed by atoms with Crippen LogP contribution in [0.3, 0.4) is 0 Å². The van der Waals surface area contributed by atoms with Crippen LogP contribution in [0, 0.1) is 5.82 Å². The molecule has 1 aromatic carbocycles. The molecule has 0 saturated heterocycles. The molecule has 2 heterocycles. The minimum absolute atomic E-state index is 0.140. The number of hydrogen-bond acceptors (Lipinski definition) is 6. The number of benzene rings is 1. The molecule has 0 atom stereocenters. The van der Waals surface area contributed by atoms with Gasteiger partial charge in [0.05, 0.1) is 18.1 Å². The molecule has 6 nitrogen and oxygen atoms in total. The highest BCUT2D eigenvalue weighted by Gasteiger charge is 2.29. The van der Waals surface area contributed by atoms with Crippen LogP contribution in [0.1, 0.15) is 47.3 Å². The molecule has 0 aliphatic heterocycles. The number of fused-ring (bicyclic) bond motifs is 1. The summed E-state index contributed by atoms with van der Waals surface area (Å²) in [6.07, 6.45) is 1.99. The zero-order valence-electron chi connectivity index (χ0n) is 16.4. The second-order valence-electron chi connectivity index (χ2n) is 6.99. The first-order chi connectivity index (χ1) is 14.4. The minimum Gasteiger partial charge on any atom is -0.465 e. The Balaban J connectivity index is 1.85. The molecule has 4 rings (SSSR count). The first-order valence-corrected chi connectivity index (χ1v) is 10.9. The summed E-state index contributed by atoms with van der Waals surface area (Å²) in [5, 5.41) is 0.850. The van der Waals surface area contributed by atoms with Crippen LogP contribution in [-0.2, 0) is 17.0 Å². The third-order valence-corrected chi connectivity index (χ3v) is 6.40. The van der Waals surface area contributed by atoms with Crippen molar-refractivity contribution in [2.75, 3.05) is 7.11 Å². The molecule has 0 unspecified atom stereocenters. The average Bonchev–Trinajstić information content (AvgIpc) is 3.57. The van der Waals surface area contributed by atoms with Crippen LogP contribution in [0.2, 0.25) is 5.02 Å². The lowest BCUT2D eigenvalue weighted by Gasteiger charge is -2.15. The van der Waals surface area contributed by atoms with E-state index in [-0.39, 0.29) is 22.6 Å². The number of aryl methyl sites for hydroxylation is 1. The van der Waals surface area contributed by atoms with Crippen LogP contribution in [0.25, 0.3) is 11.0 Å². The third-order valence-electron chi connectivity index (χ3n) is 5.04. The van der Waals surface area contributed by atoms with E-state index in [0.29, 0.717) is 27.9 Å². The van der Waals surface area contributed by atoms with Crippen molar-refractivity contribution in [2.24, 2.45) is 0 Å². The lowest BCUT2D eigenvalue weighted by atomic mass is 10.1. The van der Waals surface area contributed by atoms with Gasteiger partial charge >= 0.3 is 5.97 Å². The summed E-state index contributed by atoms with van der Waals surface area (Å²) in [5.74, 6) is -0.525. The summed E-state index contributed by atoms with van der Waals surface area (Å²) in [5.41, 5.74) is 1.12. The van der Waals surface area contributed by atoms with Gasteiger partial charge in [0.25, 0.3) is 5.56 Å². The molecule has 9 heteroatoms. The molecule has 0 amide bonds. The predicted octanol–water partition coefficient (Wildman–Crippen LogP) is 4.56. The van der Waals surface area contributed by atoms with Crippen LogP contribution in [0.15, 0.2) is 34.2 Å². The van der Waals surface area contributed by atoms with Crippen LogP contribution in [0.4, 0.5) is 4.39 Å². The van der Waals surface area contributed by atoms with Gasteiger partial charge in [-0.25, -0.2) is 14.2 Å². The fraction of sp³-hybridized carbons (Fsp3) is 0.333. The molecule has 1 fully saturated rings. The Labute approximate surface area is 181 Å². The lowest BCUT2D eigenvalue weighted by molar-refractivity contribution is 0.0602. The molecule has 0 radical (unpaired) electrons. The molecule has 1 saturated carbocycles. The molecule has 0 N–H and O–H groups in total. The number of carbonyl (C=O) groups excluding carboxylic acids is 1. The molecule has 0 bridgehead atoms. The van der Waals surface area contributed by atoms with E-state index >= 15 is 0 Å². The zero-order chi connectivity index (χ0) is 21.4. The van der Waals surface area contributed by atoms with E-state index in [1.54, 1.807) is 22.8 Å². The Hall–Kier alpha value is -2.45. The van der Waals surface area contributed by atoms with E-state index in [1.807, 2.05) is 6.92 Å². The maximum absolute atomic E-state index is 14.1. The topological polar surface area (TPSA) is 74.1 Å². The molecule has 30 heavy (non-hydrogen) atoms. The molecule has 3 aromatic rings. The summed E-state index contributed by atoms with van der Waals surface area (Å²) in [4.78, 5) is 34.1. The number of esters is 1. The maximum atomic E-state index is 14.1. The van der Waals surface area contributed by atoms with Crippen molar-refractivity contribution in [3.63, 3.8) is 0 Å². The van der Waals surface area contributed by atoms with Crippen molar-refractivity contribution < 1.29 is 13.9 Å². The van der Waals surface area contributed by atoms with Gasteiger partial charge in [-0.2, -0.15) is 4.98 Å². The number of methoxy groups -OCH3 is 1. The highest BCUT2D eigenvalue weighted by molar-refractivity contribution is 7.98. The Kier molecular flexibility index (Phi) is 5.79. The number of carbonyl (C=O) groups is 1. The monoisotopic (exact) mass is 447 g/mol. The van der Waals surface area contributed by atoms with Gasteiger partial charge in [0.2, 0.25) is 0 Å². The lowest BCUT2D eigenvalue weighted by Crippen LogP contribution is -2.20. The van der Waals surface area contributed by atoms with Crippen molar-refractivity contribution in [3.05, 3.63) is 62.3 Å². The van der Waals surface area contributed by atoms with Crippen molar-refractivity contribution in [3.8, 4) is 0 Å². The van der Waals surface area contributed by atoms with Crippen molar-refractivity contribution in [1.29, 1.82) is 0 Å². The molecular formula is C21H19ClFN3O3S. The van der Waals surface area contributed by atoms with Gasteiger partial charge in [0.15, 0.2) is 5.16 Å². The Bertz CT molecular complexity index is 1190. The predicted molar refractivity (Wildman–Crippen MR) is 114 cm³/mol. The SMILES string of the molecule is CCn1c(SCc2c(F)cccc2Cl)nc(=O)c2c(C(=O)OC)cc(C3CC3)nc21. The maximum Gasteiger partial charge on any atom is 0.338 e. The number of pyridine rings is 1. The summed E-state index contributed by atoms with van der Waals surface area (Å²) in [6, 6.07) is 6.14. The standard InChI is InChI=1S/C21H19ClFN3O3S/c1-3-26-18-17(12(20(28)29-2)9-16(24-18)11-7-8-11)19(27)25-21(26)30-10-13-14(22)5-4-6-15(13)23/h4-6,9,11H,3,7-8,10H2,1-2H3. The van der Waals surface area contributed by atoms with E-state index in [9.17, 15) is 14.0 Å². The van der Waals surface area contributed by atoms with Gasteiger partial charge in [-0.1, -0.05) is 29.4 Å². The summed E-state index contributed by atoms with van der Waals surface area (Å²) >= 11 is 7.33. The summed E-state index contributed by atoms with van der Waals surface area (Å²) in [7, 11) is 1.28. The van der Waals surface area contributed by atoms with E-state index in [2.05, 4.69) is 4.98 Å². The highest BCUT2D eigenvalue weighted by atomic mass is 35.5. The van der Waals surface area contributed by atoms with E-state index in [0.717, 1.165) is 18.5 Å². The highest BCUT2D eigenvalue weighted by Crippen LogP contribution is 2.40. The number of rotatable bonds is 6. The van der Waals surface area contributed by atoms with Crippen LogP contribution < -0.4 is 5.56 Å².